The van der Waals surface area contributed by atoms with Crippen LogP contribution in [-0.2, 0) is 0 Å². The predicted molar refractivity (Wildman–Crippen MR) is 67.8 cm³/mol. The van der Waals surface area contributed by atoms with Crippen molar-refractivity contribution in [1.29, 1.82) is 0 Å². The van der Waals surface area contributed by atoms with Crippen LogP contribution in [0, 0.1) is 10.1 Å². The summed E-state index contributed by atoms with van der Waals surface area (Å²) in [4.78, 5) is 22.0. The van der Waals surface area contributed by atoms with Gasteiger partial charge in [0.15, 0.2) is 0 Å². The largest absolute Gasteiger partial charge is 0.347 e. The van der Waals surface area contributed by atoms with E-state index in [0.29, 0.717) is 0 Å². The minimum atomic E-state index is -0.541. The number of nitro groups is 1. The number of carbonyl (C=O) groups is 1. The van der Waals surface area contributed by atoms with Gasteiger partial charge in [0.1, 0.15) is 0 Å². The summed E-state index contributed by atoms with van der Waals surface area (Å²) in [5, 5.41) is 13.6. The molecular weight excluding hydrogens is 256 g/mol. The third-order valence-corrected chi connectivity index (χ3v) is 3.59. The van der Waals surface area contributed by atoms with E-state index in [1.807, 2.05) is 6.92 Å². The highest BCUT2D eigenvalue weighted by Crippen LogP contribution is 2.32. The molecule has 5 nitrogen and oxygen atoms in total. The first kappa shape index (κ1) is 12.8. The van der Waals surface area contributed by atoms with Crippen molar-refractivity contribution in [2.24, 2.45) is 0 Å². The summed E-state index contributed by atoms with van der Waals surface area (Å²) in [7, 11) is 0. The Bertz CT molecular complexity index is 512. The van der Waals surface area contributed by atoms with Gasteiger partial charge in [-0.3, -0.25) is 14.9 Å². The minimum Gasteiger partial charge on any atom is -0.347 e. The predicted octanol–water partition coefficient (Wildman–Crippen LogP) is 2.92. The molecule has 1 amide bonds. The number of nitro benzene ring substituents is 1. The van der Waals surface area contributed by atoms with Crippen molar-refractivity contribution in [2.75, 3.05) is 0 Å². The number of non-ortho nitro benzene ring substituents is 1. The third kappa shape index (κ3) is 2.46. The van der Waals surface area contributed by atoms with Gasteiger partial charge in [0.2, 0.25) is 0 Å². The Kier molecular flexibility index (Phi) is 3.26. The third-order valence-electron chi connectivity index (χ3n) is 3.28. The van der Waals surface area contributed by atoms with Crippen LogP contribution in [0.5, 0.6) is 0 Å². The van der Waals surface area contributed by atoms with E-state index in [9.17, 15) is 14.9 Å². The van der Waals surface area contributed by atoms with Crippen molar-refractivity contribution in [3.63, 3.8) is 0 Å². The highest BCUT2D eigenvalue weighted by atomic mass is 35.5. The van der Waals surface area contributed by atoms with Gasteiger partial charge in [-0.15, -0.1) is 0 Å². The molecule has 0 spiro atoms. The molecule has 0 saturated heterocycles. The molecule has 1 N–H and O–H groups in total. The fourth-order valence-corrected chi connectivity index (χ4v) is 2.24. The van der Waals surface area contributed by atoms with Gasteiger partial charge in [-0.25, -0.2) is 0 Å². The first-order chi connectivity index (χ1) is 8.41. The average molecular weight is 269 g/mol. The van der Waals surface area contributed by atoms with Gasteiger partial charge in [-0.2, -0.15) is 0 Å². The standard InChI is InChI=1S/C12H13ClN2O3/c1-12(5-2-6-12)14-11(16)9-4-3-8(15(17)18)7-10(9)13/h3-4,7H,2,5-6H2,1H3,(H,14,16). The molecule has 96 valence electrons. The average Bonchev–Trinajstić information content (AvgIpc) is 2.26. The van der Waals surface area contributed by atoms with Crippen molar-refractivity contribution in [3.8, 4) is 0 Å². The molecule has 0 aliphatic heterocycles. The monoisotopic (exact) mass is 268 g/mol. The molecule has 1 aliphatic carbocycles. The van der Waals surface area contributed by atoms with E-state index >= 15 is 0 Å². The molecule has 1 saturated carbocycles. The number of nitrogens with one attached hydrogen (secondary N) is 1. The molecule has 1 aromatic carbocycles. The second-order valence-electron chi connectivity index (χ2n) is 4.79. The number of halogens is 1. The van der Waals surface area contributed by atoms with E-state index in [4.69, 9.17) is 11.6 Å². The lowest BCUT2D eigenvalue weighted by molar-refractivity contribution is -0.384. The van der Waals surface area contributed by atoms with E-state index in [1.54, 1.807) is 0 Å². The molecule has 0 bridgehead atoms. The molecule has 6 heteroatoms. The first-order valence-corrected chi connectivity index (χ1v) is 6.05. The molecule has 1 aromatic rings. The van der Waals surface area contributed by atoms with Crippen molar-refractivity contribution < 1.29 is 9.72 Å². The van der Waals surface area contributed by atoms with Crippen molar-refractivity contribution in [1.82, 2.24) is 5.32 Å². The topological polar surface area (TPSA) is 72.2 Å². The van der Waals surface area contributed by atoms with Crippen molar-refractivity contribution in [2.45, 2.75) is 31.7 Å². The summed E-state index contributed by atoms with van der Waals surface area (Å²) in [5.74, 6) is -0.280. The van der Waals surface area contributed by atoms with Gasteiger partial charge in [0.25, 0.3) is 11.6 Å². The lowest BCUT2D eigenvalue weighted by Crippen LogP contribution is -2.50. The molecule has 0 aromatic heterocycles. The first-order valence-electron chi connectivity index (χ1n) is 5.68. The van der Waals surface area contributed by atoms with Gasteiger partial charge in [-0.1, -0.05) is 11.6 Å². The number of amides is 1. The molecule has 0 unspecified atom stereocenters. The van der Waals surface area contributed by atoms with Crippen molar-refractivity contribution in [3.05, 3.63) is 38.9 Å². The summed E-state index contributed by atoms with van der Waals surface area (Å²) in [6.45, 7) is 1.98. The summed E-state index contributed by atoms with van der Waals surface area (Å²) >= 11 is 5.89. The van der Waals surface area contributed by atoms with Crippen LogP contribution in [0.15, 0.2) is 18.2 Å². The van der Waals surface area contributed by atoms with Gasteiger partial charge in [0.05, 0.1) is 15.5 Å². The summed E-state index contributed by atoms with van der Waals surface area (Å²) in [6.07, 6.45) is 3.00. The fraction of sp³-hybridized carbons (Fsp3) is 0.417. The Morgan fingerprint density at radius 2 is 2.17 bits per heavy atom. The molecule has 0 radical (unpaired) electrons. The van der Waals surface area contributed by atoms with Crippen LogP contribution in [-0.4, -0.2) is 16.4 Å². The molecule has 1 fully saturated rings. The molecule has 18 heavy (non-hydrogen) atoms. The van der Waals surface area contributed by atoms with Gasteiger partial charge >= 0.3 is 0 Å². The van der Waals surface area contributed by atoms with Crippen molar-refractivity contribution >= 4 is 23.2 Å². The molecule has 0 atom stereocenters. The number of benzene rings is 1. The Morgan fingerprint density at radius 1 is 1.50 bits per heavy atom. The Morgan fingerprint density at radius 3 is 2.61 bits per heavy atom. The molecule has 0 heterocycles. The van der Waals surface area contributed by atoms with E-state index in [-0.39, 0.29) is 27.7 Å². The van der Waals surface area contributed by atoms with Crippen LogP contribution in [0.25, 0.3) is 0 Å². The Balaban J connectivity index is 2.18. The summed E-state index contributed by atoms with van der Waals surface area (Å²) in [5.41, 5.74) is -0.0101. The van der Waals surface area contributed by atoms with Crippen LogP contribution in [0.3, 0.4) is 0 Å². The molecule has 1 aliphatic rings. The zero-order valence-corrected chi connectivity index (χ0v) is 10.7. The maximum absolute atomic E-state index is 12.0. The van der Waals surface area contributed by atoms with E-state index in [1.165, 1.54) is 18.2 Å². The minimum absolute atomic E-state index is 0.102. The number of carbonyl (C=O) groups excluding carboxylic acids is 1. The zero-order valence-electron chi connectivity index (χ0n) is 9.90. The van der Waals surface area contributed by atoms with Gasteiger partial charge in [-0.05, 0) is 32.3 Å². The maximum atomic E-state index is 12.0. The number of hydrogen-bond donors (Lipinski definition) is 1. The summed E-state index contributed by atoms with van der Waals surface area (Å²) < 4.78 is 0. The Hall–Kier alpha value is -1.62. The lowest BCUT2D eigenvalue weighted by Gasteiger charge is -2.39. The normalized spacial score (nSPS) is 16.8. The van der Waals surface area contributed by atoms with E-state index in [0.717, 1.165) is 19.3 Å². The van der Waals surface area contributed by atoms with Gasteiger partial charge in [0, 0.05) is 17.7 Å². The van der Waals surface area contributed by atoms with Crippen LogP contribution in [0.1, 0.15) is 36.5 Å². The highest BCUT2D eigenvalue weighted by molar-refractivity contribution is 6.34. The zero-order chi connectivity index (χ0) is 13.3. The van der Waals surface area contributed by atoms with E-state index in [2.05, 4.69) is 5.32 Å². The second-order valence-corrected chi connectivity index (χ2v) is 5.20. The number of nitrogens with zero attached hydrogens (tertiary/aromatic N) is 1. The van der Waals surface area contributed by atoms with Crippen LogP contribution < -0.4 is 5.32 Å². The van der Waals surface area contributed by atoms with Crippen LogP contribution >= 0.6 is 11.6 Å². The smallest absolute Gasteiger partial charge is 0.270 e. The quantitative estimate of drug-likeness (QED) is 0.677. The Labute approximate surface area is 109 Å². The summed E-state index contributed by atoms with van der Waals surface area (Å²) in [6, 6.07) is 3.86. The van der Waals surface area contributed by atoms with E-state index < -0.39 is 4.92 Å². The second kappa shape index (κ2) is 4.57. The maximum Gasteiger partial charge on any atom is 0.270 e. The highest BCUT2D eigenvalue weighted by Gasteiger charge is 2.33. The SMILES string of the molecule is CC1(NC(=O)c2ccc([N+](=O)[O-])cc2Cl)CCC1. The molecule has 2 rings (SSSR count). The fourth-order valence-electron chi connectivity index (χ4n) is 1.98. The van der Waals surface area contributed by atoms with Crippen LogP contribution in [0.4, 0.5) is 5.69 Å². The lowest BCUT2D eigenvalue weighted by atomic mass is 9.78. The number of hydrogen-bond acceptors (Lipinski definition) is 3. The molecular formula is C12H13ClN2O3. The van der Waals surface area contributed by atoms with Crippen LogP contribution in [0.2, 0.25) is 5.02 Å². The van der Waals surface area contributed by atoms with Gasteiger partial charge < -0.3 is 5.32 Å². The number of rotatable bonds is 3.